The number of rotatable bonds is 4. The molecule has 1 N–H and O–H groups in total. The Morgan fingerprint density at radius 1 is 1.19 bits per heavy atom. The number of aliphatic hydroxyl groups is 1. The summed E-state index contributed by atoms with van der Waals surface area (Å²) in [6.07, 6.45) is 6.99. The van der Waals surface area contributed by atoms with Crippen molar-refractivity contribution >= 4 is 11.4 Å². The van der Waals surface area contributed by atoms with Crippen LogP contribution in [-0.2, 0) is 14.3 Å². The Balaban J connectivity index is 1.71. The van der Waals surface area contributed by atoms with Crippen molar-refractivity contribution in [2.45, 2.75) is 58.0 Å². The van der Waals surface area contributed by atoms with E-state index >= 15 is 0 Å². The molecule has 0 radical (unpaired) electrons. The summed E-state index contributed by atoms with van der Waals surface area (Å²) in [6, 6.07) is 7.33. The van der Waals surface area contributed by atoms with Gasteiger partial charge in [-0.3, -0.25) is 4.79 Å². The van der Waals surface area contributed by atoms with Gasteiger partial charge in [-0.15, -0.1) is 0 Å². The molecule has 1 aromatic carbocycles. The van der Waals surface area contributed by atoms with Crippen molar-refractivity contribution in [3.05, 3.63) is 59.9 Å². The zero-order valence-corrected chi connectivity index (χ0v) is 18.9. The van der Waals surface area contributed by atoms with Gasteiger partial charge in [0.05, 0.1) is 42.7 Å². The van der Waals surface area contributed by atoms with Crippen molar-refractivity contribution in [2.24, 2.45) is 17.8 Å². The summed E-state index contributed by atoms with van der Waals surface area (Å²) in [5.41, 5.74) is 2.04. The van der Waals surface area contributed by atoms with E-state index in [2.05, 4.69) is 19.9 Å². The Bertz CT molecular complexity index is 920. The number of ketones is 1. The number of methoxy groups -OCH3 is 1. The van der Waals surface area contributed by atoms with Crippen molar-refractivity contribution in [2.75, 3.05) is 7.11 Å². The lowest BCUT2D eigenvalue weighted by Gasteiger charge is -2.52. The molecule has 31 heavy (non-hydrogen) atoms. The van der Waals surface area contributed by atoms with E-state index in [1.807, 2.05) is 50.3 Å². The fourth-order valence-electron chi connectivity index (χ4n) is 4.98. The van der Waals surface area contributed by atoms with Crippen molar-refractivity contribution in [3.8, 4) is 5.75 Å². The molecule has 3 aliphatic rings. The molecular weight excluding hydrogens is 392 g/mol. The number of aliphatic hydroxyl groups excluding tert-OH is 1. The van der Waals surface area contributed by atoms with E-state index in [1.165, 1.54) is 5.57 Å². The number of fused-ring (bicyclic) bond motifs is 2. The number of ether oxygens (including phenoxy) is 3. The highest BCUT2D eigenvalue weighted by molar-refractivity contribution is 6.22. The van der Waals surface area contributed by atoms with Crippen LogP contribution >= 0.6 is 0 Å². The van der Waals surface area contributed by atoms with Gasteiger partial charge in [-0.1, -0.05) is 35.9 Å². The van der Waals surface area contributed by atoms with Crippen molar-refractivity contribution in [1.82, 2.24) is 0 Å². The lowest BCUT2D eigenvalue weighted by Crippen LogP contribution is -2.61. The highest BCUT2D eigenvalue weighted by Gasteiger charge is 2.56. The lowest BCUT2D eigenvalue weighted by molar-refractivity contribution is -0.194. The zero-order valence-electron chi connectivity index (χ0n) is 18.9. The maximum atomic E-state index is 13.6. The van der Waals surface area contributed by atoms with Crippen LogP contribution in [0.25, 0.3) is 5.57 Å². The van der Waals surface area contributed by atoms with Crippen LogP contribution in [0.4, 0.5) is 0 Å². The van der Waals surface area contributed by atoms with Crippen molar-refractivity contribution in [1.29, 1.82) is 0 Å². The van der Waals surface area contributed by atoms with Gasteiger partial charge in [-0.25, -0.2) is 0 Å². The maximum Gasteiger partial charge on any atom is 0.175 e. The zero-order chi connectivity index (χ0) is 22.3. The van der Waals surface area contributed by atoms with Crippen LogP contribution in [0.3, 0.4) is 0 Å². The van der Waals surface area contributed by atoms with Gasteiger partial charge in [0, 0.05) is 11.8 Å². The van der Waals surface area contributed by atoms with Crippen LogP contribution in [-0.4, -0.2) is 41.9 Å². The molecule has 0 bridgehead atoms. The molecule has 6 unspecified atom stereocenters. The van der Waals surface area contributed by atoms with Gasteiger partial charge in [-0.2, -0.15) is 0 Å². The second-order valence-corrected chi connectivity index (χ2v) is 9.54. The Morgan fingerprint density at radius 3 is 2.55 bits per heavy atom. The number of carbonyl (C=O) groups is 1. The highest BCUT2D eigenvalue weighted by Crippen LogP contribution is 2.47. The summed E-state index contributed by atoms with van der Waals surface area (Å²) < 4.78 is 17.8. The Labute approximate surface area is 184 Å². The van der Waals surface area contributed by atoms with Gasteiger partial charge in [0.2, 0.25) is 0 Å². The summed E-state index contributed by atoms with van der Waals surface area (Å²) in [4.78, 5) is 13.6. The first-order valence-electron chi connectivity index (χ1n) is 10.9. The lowest BCUT2D eigenvalue weighted by atomic mass is 9.63. The number of Topliss-reactive ketones (excluding diaryl/α,β-unsaturated/α-hetero) is 1. The molecule has 2 aliphatic heterocycles. The van der Waals surface area contributed by atoms with E-state index < -0.39 is 23.7 Å². The van der Waals surface area contributed by atoms with Crippen LogP contribution in [0.1, 0.15) is 39.7 Å². The second-order valence-electron chi connectivity index (χ2n) is 9.54. The van der Waals surface area contributed by atoms with E-state index in [-0.39, 0.29) is 23.7 Å². The number of hydrogen-bond acceptors (Lipinski definition) is 5. The Hall–Kier alpha value is -2.37. The number of hydrogen-bond donors (Lipinski definition) is 1. The van der Waals surface area contributed by atoms with Gasteiger partial charge in [0.25, 0.3) is 0 Å². The Morgan fingerprint density at radius 2 is 1.90 bits per heavy atom. The standard InChI is InChI=1S/C26H32O5/c1-15(2)6-11-19-24-18(12-13-26(3,4)31-24)22(27)21-23(28)20(14-30-25(19)21)16-7-9-17(29-5)10-8-16/h6-10,12-14,18-19,21-22,24-25,27H,11H2,1-5H3. The molecule has 1 saturated carbocycles. The van der Waals surface area contributed by atoms with Crippen molar-refractivity contribution in [3.63, 3.8) is 0 Å². The minimum atomic E-state index is -0.861. The average Bonchev–Trinajstić information content (AvgIpc) is 2.73. The van der Waals surface area contributed by atoms with E-state index in [1.54, 1.807) is 13.4 Å². The van der Waals surface area contributed by atoms with Gasteiger partial charge < -0.3 is 19.3 Å². The third kappa shape index (κ3) is 4.09. The molecule has 0 amide bonds. The topological polar surface area (TPSA) is 65.0 Å². The number of allylic oxidation sites excluding steroid dienone is 3. The van der Waals surface area contributed by atoms with Crippen LogP contribution in [0.15, 0.2) is 54.3 Å². The average molecular weight is 425 g/mol. The normalized spacial score (nSPS) is 33.5. The predicted octanol–water partition coefficient (Wildman–Crippen LogP) is 4.32. The smallest absolute Gasteiger partial charge is 0.175 e. The fraction of sp³-hybridized carbons (Fsp3) is 0.500. The monoisotopic (exact) mass is 424 g/mol. The summed E-state index contributed by atoms with van der Waals surface area (Å²) in [7, 11) is 1.61. The first kappa shape index (κ1) is 21.8. The number of benzene rings is 1. The van der Waals surface area contributed by atoms with E-state index in [4.69, 9.17) is 14.2 Å². The van der Waals surface area contributed by atoms with E-state index in [9.17, 15) is 9.90 Å². The fourth-order valence-corrected chi connectivity index (χ4v) is 4.98. The molecule has 5 nitrogen and oxygen atoms in total. The van der Waals surface area contributed by atoms with Gasteiger partial charge in [0.15, 0.2) is 5.78 Å². The van der Waals surface area contributed by atoms with Gasteiger partial charge in [0.1, 0.15) is 11.9 Å². The molecule has 1 aliphatic carbocycles. The third-order valence-electron chi connectivity index (χ3n) is 6.61. The molecule has 4 rings (SSSR count). The highest BCUT2D eigenvalue weighted by atomic mass is 16.5. The molecule has 0 aromatic heterocycles. The first-order chi connectivity index (χ1) is 14.7. The largest absolute Gasteiger partial charge is 0.497 e. The van der Waals surface area contributed by atoms with Gasteiger partial charge in [-0.05, 0) is 51.8 Å². The summed E-state index contributed by atoms with van der Waals surface area (Å²) >= 11 is 0. The molecule has 1 fully saturated rings. The molecule has 5 heteroatoms. The molecular formula is C26H32O5. The summed E-state index contributed by atoms with van der Waals surface area (Å²) in [5.74, 6) is -0.259. The molecule has 166 valence electrons. The third-order valence-corrected chi connectivity index (χ3v) is 6.61. The van der Waals surface area contributed by atoms with E-state index in [0.29, 0.717) is 5.57 Å². The van der Waals surface area contributed by atoms with Crippen LogP contribution in [0.2, 0.25) is 0 Å². The summed E-state index contributed by atoms with van der Waals surface area (Å²) in [6.45, 7) is 8.16. The molecule has 2 heterocycles. The molecule has 0 saturated heterocycles. The molecule has 0 spiro atoms. The quantitative estimate of drug-likeness (QED) is 0.730. The predicted molar refractivity (Wildman–Crippen MR) is 119 cm³/mol. The SMILES string of the molecule is COc1ccc(C2=COC3C(CC=C(C)C)C4OC(C)(C)C=CC4C(O)C3C2=O)cc1. The van der Waals surface area contributed by atoms with Crippen molar-refractivity contribution < 1.29 is 24.1 Å². The van der Waals surface area contributed by atoms with Crippen LogP contribution < -0.4 is 4.74 Å². The number of carbonyl (C=O) groups excluding carboxylic acids is 1. The minimum absolute atomic E-state index is 0.0323. The maximum absolute atomic E-state index is 13.6. The van der Waals surface area contributed by atoms with Crippen LogP contribution in [0, 0.1) is 17.8 Å². The summed E-state index contributed by atoms with van der Waals surface area (Å²) in [5, 5.41) is 11.3. The first-order valence-corrected chi connectivity index (χ1v) is 10.9. The Kier molecular flexibility index (Phi) is 5.84. The second kappa shape index (κ2) is 8.29. The molecule has 1 aromatic rings. The van der Waals surface area contributed by atoms with Gasteiger partial charge >= 0.3 is 0 Å². The molecule has 6 atom stereocenters. The van der Waals surface area contributed by atoms with Crippen LogP contribution in [0.5, 0.6) is 5.75 Å². The van der Waals surface area contributed by atoms with E-state index in [0.717, 1.165) is 17.7 Å². The minimum Gasteiger partial charge on any atom is -0.497 e.